The van der Waals surface area contributed by atoms with Gasteiger partial charge in [0.2, 0.25) is 0 Å². The van der Waals surface area contributed by atoms with Crippen molar-refractivity contribution in [3.8, 4) is 0 Å². The molecule has 0 saturated carbocycles. The molecule has 3 N–H and O–H groups in total. The molecule has 0 aliphatic rings. The van der Waals surface area contributed by atoms with Gasteiger partial charge in [0.05, 0.1) is 18.8 Å². The first kappa shape index (κ1) is 18.2. The third kappa shape index (κ3) is 9.73. The molecule has 0 heterocycles. The maximum Gasteiger partial charge on any atom is 0.408 e. The Morgan fingerprint density at radius 2 is 1.58 bits per heavy atom. The number of nitrogens with one attached hydrogen (secondary N) is 1. The van der Waals surface area contributed by atoms with E-state index in [4.69, 9.17) is 15.2 Å². The highest BCUT2D eigenvalue weighted by molar-refractivity contribution is 5.68. The van der Waals surface area contributed by atoms with Crippen LogP contribution in [0, 0.1) is 5.41 Å². The number of nitrogens with two attached hydrogens (primary N) is 1. The van der Waals surface area contributed by atoms with E-state index in [1.807, 2.05) is 48.5 Å². The molecule has 0 atom stereocenters. The lowest BCUT2D eigenvalue weighted by molar-refractivity contribution is 0.0185. The first-order chi connectivity index (χ1) is 8.37. The fraction of sp³-hybridized carbons (Fsp3) is 0.929. The Hall–Kier alpha value is -0.810. The standard InChI is InChI=1S/C14H30N2O3/c1-12(2,3)19-11(17)16-14(6,7)10-18-9-13(4,5)8-15/h8-10,15H2,1-7H3,(H,16,17). The molecule has 0 aliphatic carbocycles. The fourth-order valence-corrected chi connectivity index (χ4v) is 1.26. The van der Waals surface area contributed by atoms with Crippen molar-refractivity contribution in [3.05, 3.63) is 0 Å². The first-order valence-electron chi connectivity index (χ1n) is 6.66. The van der Waals surface area contributed by atoms with Gasteiger partial charge < -0.3 is 20.5 Å². The molecule has 0 fully saturated rings. The molecule has 0 aliphatic heterocycles. The van der Waals surface area contributed by atoms with Gasteiger partial charge in [0.15, 0.2) is 0 Å². The Labute approximate surface area is 117 Å². The summed E-state index contributed by atoms with van der Waals surface area (Å²) in [7, 11) is 0. The van der Waals surface area contributed by atoms with Crippen LogP contribution in [0.2, 0.25) is 0 Å². The second-order valence-corrected chi connectivity index (χ2v) is 7.37. The van der Waals surface area contributed by atoms with E-state index in [0.29, 0.717) is 19.8 Å². The van der Waals surface area contributed by atoms with Gasteiger partial charge in [0.25, 0.3) is 0 Å². The summed E-state index contributed by atoms with van der Waals surface area (Å²) in [5.41, 5.74) is 4.61. The molecule has 0 aromatic rings. The molecule has 114 valence electrons. The second kappa shape index (κ2) is 6.57. The van der Waals surface area contributed by atoms with Crippen LogP contribution >= 0.6 is 0 Å². The van der Waals surface area contributed by atoms with Gasteiger partial charge in [0.1, 0.15) is 5.60 Å². The zero-order chi connectivity index (χ0) is 15.3. The monoisotopic (exact) mass is 274 g/mol. The van der Waals surface area contributed by atoms with Crippen molar-refractivity contribution in [2.75, 3.05) is 19.8 Å². The molecule has 0 aromatic heterocycles. The Morgan fingerprint density at radius 3 is 2.00 bits per heavy atom. The van der Waals surface area contributed by atoms with Gasteiger partial charge in [-0.15, -0.1) is 0 Å². The highest BCUT2D eigenvalue weighted by Gasteiger charge is 2.26. The quantitative estimate of drug-likeness (QED) is 0.779. The van der Waals surface area contributed by atoms with E-state index in [1.165, 1.54) is 0 Å². The van der Waals surface area contributed by atoms with Crippen LogP contribution in [-0.4, -0.2) is 37.0 Å². The highest BCUT2D eigenvalue weighted by Crippen LogP contribution is 2.15. The SMILES string of the molecule is CC(C)(CN)COCC(C)(C)NC(=O)OC(C)(C)C. The van der Waals surface area contributed by atoms with Crippen LogP contribution in [0.1, 0.15) is 48.5 Å². The summed E-state index contributed by atoms with van der Waals surface area (Å²) in [4.78, 5) is 11.7. The normalized spacial score (nSPS) is 13.3. The predicted octanol–water partition coefficient (Wildman–Crippen LogP) is 2.29. The topological polar surface area (TPSA) is 73.6 Å². The van der Waals surface area contributed by atoms with Crippen molar-refractivity contribution >= 4 is 6.09 Å². The number of ether oxygens (including phenoxy) is 2. The predicted molar refractivity (Wildman–Crippen MR) is 77.1 cm³/mol. The van der Waals surface area contributed by atoms with Gasteiger partial charge in [-0.25, -0.2) is 4.79 Å². The minimum Gasteiger partial charge on any atom is -0.444 e. The maximum atomic E-state index is 11.7. The van der Waals surface area contributed by atoms with E-state index in [1.54, 1.807) is 0 Å². The van der Waals surface area contributed by atoms with Gasteiger partial charge in [-0.05, 0) is 41.2 Å². The molecular formula is C14H30N2O3. The van der Waals surface area contributed by atoms with E-state index < -0.39 is 17.2 Å². The lowest BCUT2D eigenvalue weighted by Crippen LogP contribution is -2.49. The zero-order valence-corrected chi connectivity index (χ0v) is 13.4. The third-order valence-corrected chi connectivity index (χ3v) is 2.35. The van der Waals surface area contributed by atoms with Crippen molar-refractivity contribution in [2.45, 2.75) is 59.6 Å². The van der Waals surface area contributed by atoms with E-state index in [9.17, 15) is 4.79 Å². The van der Waals surface area contributed by atoms with Crippen molar-refractivity contribution in [1.82, 2.24) is 5.32 Å². The summed E-state index contributed by atoms with van der Waals surface area (Å²) >= 11 is 0. The number of alkyl carbamates (subject to hydrolysis) is 1. The summed E-state index contributed by atoms with van der Waals surface area (Å²) in [6.07, 6.45) is -0.431. The molecule has 0 saturated heterocycles. The molecule has 5 heteroatoms. The third-order valence-electron chi connectivity index (χ3n) is 2.35. The Balaban J connectivity index is 4.15. The Bertz CT molecular complexity index is 294. The van der Waals surface area contributed by atoms with Crippen LogP contribution in [0.25, 0.3) is 0 Å². The highest BCUT2D eigenvalue weighted by atomic mass is 16.6. The van der Waals surface area contributed by atoms with E-state index in [0.717, 1.165) is 0 Å². The average Bonchev–Trinajstić information content (AvgIpc) is 2.12. The molecule has 19 heavy (non-hydrogen) atoms. The van der Waals surface area contributed by atoms with E-state index in [2.05, 4.69) is 5.32 Å². The van der Waals surface area contributed by atoms with Crippen LogP contribution in [0.3, 0.4) is 0 Å². The summed E-state index contributed by atoms with van der Waals surface area (Å²) in [6, 6.07) is 0. The molecule has 0 spiro atoms. The fourth-order valence-electron chi connectivity index (χ4n) is 1.26. The minimum atomic E-state index is -0.497. The van der Waals surface area contributed by atoms with Gasteiger partial charge >= 0.3 is 6.09 Å². The van der Waals surface area contributed by atoms with Gasteiger partial charge in [-0.1, -0.05) is 13.8 Å². The number of carbonyl (C=O) groups excluding carboxylic acids is 1. The summed E-state index contributed by atoms with van der Waals surface area (Å²) in [6.45, 7) is 14.9. The lowest BCUT2D eigenvalue weighted by Gasteiger charge is -2.30. The van der Waals surface area contributed by atoms with Crippen molar-refractivity contribution in [3.63, 3.8) is 0 Å². The molecule has 0 unspecified atom stereocenters. The average molecular weight is 274 g/mol. The van der Waals surface area contributed by atoms with Crippen LogP contribution in [0.4, 0.5) is 4.79 Å². The van der Waals surface area contributed by atoms with E-state index in [-0.39, 0.29) is 5.41 Å². The molecule has 0 aromatic carbocycles. The van der Waals surface area contributed by atoms with Crippen molar-refractivity contribution in [2.24, 2.45) is 11.1 Å². The van der Waals surface area contributed by atoms with Crippen molar-refractivity contribution < 1.29 is 14.3 Å². The number of rotatable bonds is 6. The zero-order valence-electron chi connectivity index (χ0n) is 13.4. The van der Waals surface area contributed by atoms with Gasteiger partial charge in [-0.2, -0.15) is 0 Å². The number of hydrogen-bond donors (Lipinski definition) is 2. The van der Waals surface area contributed by atoms with Gasteiger partial charge in [-0.3, -0.25) is 0 Å². The largest absolute Gasteiger partial charge is 0.444 e. The Morgan fingerprint density at radius 1 is 1.05 bits per heavy atom. The second-order valence-electron chi connectivity index (χ2n) is 7.37. The van der Waals surface area contributed by atoms with Crippen molar-refractivity contribution in [1.29, 1.82) is 0 Å². The molecule has 1 amide bonds. The minimum absolute atomic E-state index is 0.0536. The lowest BCUT2D eigenvalue weighted by atomic mass is 9.95. The molecule has 0 bridgehead atoms. The first-order valence-corrected chi connectivity index (χ1v) is 6.66. The number of hydrogen-bond acceptors (Lipinski definition) is 4. The number of carbonyl (C=O) groups is 1. The van der Waals surface area contributed by atoms with Crippen LogP contribution < -0.4 is 11.1 Å². The van der Waals surface area contributed by atoms with Crippen LogP contribution in [0.5, 0.6) is 0 Å². The van der Waals surface area contributed by atoms with Crippen LogP contribution in [0.15, 0.2) is 0 Å². The van der Waals surface area contributed by atoms with E-state index >= 15 is 0 Å². The summed E-state index contributed by atoms with van der Waals surface area (Å²) < 4.78 is 10.9. The Kier molecular flexibility index (Phi) is 6.29. The summed E-state index contributed by atoms with van der Waals surface area (Å²) in [5, 5.41) is 2.80. The molecule has 0 rings (SSSR count). The smallest absolute Gasteiger partial charge is 0.408 e. The molecular weight excluding hydrogens is 244 g/mol. The number of amides is 1. The molecule has 5 nitrogen and oxygen atoms in total. The van der Waals surface area contributed by atoms with Gasteiger partial charge in [0, 0.05) is 5.41 Å². The summed E-state index contributed by atoms with van der Waals surface area (Å²) in [5.74, 6) is 0. The maximum absolute atomic E-state index is 11.7. The van der Waals surface area contributed by atoms with Crippen LogP contribution in [-0.2, 0) is 9.47 Å². The molecule has 0 radical (unpaired) electrons.